The quantitative estimate of drug-likeness (QED) is 0.673. The summed E-state index contributed by atoms with van der Waals surface area (Å²) in [4.78, 5) is 30.8. The minimum atomic E-state index is -0.193. The van der Waals surface area contributed by atoms with Crippen LogP contribution >= 0.6 is 0 Å². The van der Waals surface area contributed by atoms with Crippen molar-refractivity contribution in [2.24, 2.45) is 0 Å². The number of urea groups is 1. The first-order valence-corrected chi connectivity index (χ1v) is 11.3. The van der Waals surface area contributed by atoms with Gasteiger partial charge < -0.3 is 19.9 Å². The maximum Gasteiger partial charge on any atom is 0.322 e. The monoisotopic (exact) mass is 436 g/mol. The molecule has 0 bridgehead atoms. The number of anilines is 2. The van der Waals surface area contributed by atoms with E-state index in [2.05, 4.69) is 40.2 Å². The molecule has 0 unspecified atom stereocenters. The van der Waals surface area contributed by atoms with Crippen LogP contribution in [0.5, 0.6) is 0 Å². The van der Waals surface area contributed by atoms with E-state index in [1.54, 1.807) is 0 Å². The number of benzene rings is 2. The van der Waals surface area contributed by atoms with Crippen LogP contribution in [-0.2, 0) is 16.1 Å². The lowest BCUT2D eigenvalue weighted by atomic mass is 10.1. The van der Waals surface area contributed by atoms with Gasteiger partial charge in [-0.05, 0) is 49.6 Å². The number of aryl methyl sites for hydroxylation is 1. The second-order valence-electron chi connectivity index (χ2n) is 8.66. The molecule has 2 fully saturated rings. The molecule has 1 saturated carbocycles. The molecule has 2 aromatic rings. The molecule has 1 heterocycles. The molecule has 1 aliphatic heterocycles. The number of nitrogens with zero attached hydrogens (tertiary/aromatic N) is 3. The van der Waals surface area contributed by atoms with Gasteiger partial charge >= 0.3 is 12.0 Å². The van der Waals surface area contributed by atoms with Crippen LogP contribution in [0.25, 0.3) is 0 Å². The SMILES string of the molecule is COC(=O)CN1CCN(c2ccc(NC(=O)N(Cc3cccc(C)c3)C3CC3)cc2)CC1. The van der Waals surface area contributed by atoms with Gasteiger partial charge in [-0.3, -0.25) is 9.69 Å². The number of piperazine rings is 1. The lowest BCUT2D eigenvalue weighted by molar-refractivity contribution is -0.142. The number of ether oxygens (including phenoxy) is 1. The second kappa shape index (κ2) is 10.0. The Balaban J connectivity index is 1.32. The summed E-state index contributed by atoms with van der Waals surface area (Å²) in [5.74, 6) is -0.193. The molecule has 2 aromatic carbocycles. The summed E-state index contributed by atoms with van der Waals surface area (Å²) in [5, 5.41) is 3.07. The third-order valence-corrected chi connectivity index (χ3v) is 6.12. The van der Waals surface area contributed by atoms with Crippen molar-refractivity contribution in [3.05, 3.63) is 59.7 Å². The van der Waals surface area contributed by atoms with Crippen LogP contribution < -0.4 is 10.2 Å². The molecular formula is C25H32N4O3. The molecule has 0 spiro atoms. The number of hydrogen-bond acceptors (Lipinski definition) is 5. The molecule has 0 aromatic heterocycles. The molecule has 7 nitrogen and oxygen atoms in total. The van der Waals surface area contributed by atoms with E-state index < -0.39 is 0 Å². The average Bonchev–Trinajstić information content (AvgIpc) is 3.64. The van der Waals surface area contributed by atoms with Crippen molar-refractivity contribution >= 4 is 23.4 Å². The van der Waals surface area contributed by atoms with E-state index in [9.17, 15) is 9.59 Å². The highest BCUT2D eigenvalue weighted by atomic mass is 16.5. The van der Waals surface area contributed by atoms with E-state index in [0.29, 0.717) is 19.1 Å². The van der Waals surface area contributed by atoms with Gasteiger partial charge in [0.15, 0.2) is 0 Å². The van der Waals surface area contributed by atoms with Crippen molar-refractivity contribution < 1.29 is 14.3 Å². The molecule has 1 N–H and O–H groups in total. The van der Waals surface area contributed by atoms with Gasteiger partial charge in [-0.25, -0.2) is 4.79 Å². The Morgan fingerprint density at radius 2 is 1.78 bits per heavy atom. The van der Waals surface area contributed by atoms with Gasteiger partial charge in [-0.1, -0.05) is 29.8 Å². The van der Waals surface area contributed by atoms with Gasteiger partial charge in [-0.15, -0.1) is 0 Å². The van der Waals surface area contributed by atoms with E-state index in [4.69, 9.17) is 4.74 Å². The Labute approximate surface area is 189 Å². The third kappa shape index (κ3) is 5.79. The molecule has 0 radical (unpaired) electrons. The normalized spacial score (nSPS) is 16.5. The number of amides is 2. The Morgan fingerprint density at radius 3 is 2.41 bits per heavy atom. The summed E-state index contributed by atoms with van der Waals surface area (Å²) < 4.78 is 4.75. The smallest absolute Gasteiger partial charge is 0.322 e. The van der Waals surface area contributed by atoms with Gasteiger partial charge in [0.05, 0.1) is 13.7 Å². The fourth-order valence-corrected chi connectivity index (χ4v) is 4.12. The molecule has 170 valence electrons. The summed E-state index contributed by atoms with van der Waals surface area (Å²) in [5.41, 5.74) is 4.30. The number of hydrogen-bond donors (Lipinski definition) is 1. The number of carbonyl (C=O) groups excluding carboxylic acids is 2. The zero-order valence-electron chi connectivity index (χ0n) is 18.9. The van der Waals surface area contributed by atoms with Crippen molar-refractivity contribution in [3.8, 4) is 0 Å². The largest absolute Gasteiger partial charge is 0.468 e. The summed E-state index contributed by atoms with van der Waals surface area (Å²) in [6, 6.07) is 16.7. The Morgan fingerprint density at radius 1 is 1.06 bits per heavy atom. The Kier molecular flexibility index (Phi) is 6.95. The van der Waals surface area contributed by atoms with Crippen molar-refractivity contribution in [3.63, 3.8) is 0 Å². The van der Waals surface area contributed by atoms with Crippen LogP contribution in [-0.4, -0.2) is 67.7 Å². The van der Waals surface area contributed by atoms with Gasteiger partial charge in [0.1, 0.15) is 0 Å². The molecule has 2 amide bonds. The molecule has 32 heavy (non-hydrogen) atoms. The molecule has 4 rings (SSSR count). The summed E-state index contributed by atoms with van der Waals surface area (Å²) in [7, 11) is 1.42. The summed E-state index contributed by atoms with van der Waals surface area (Å²) in [6.45, 7) is 6.40. The zero-order chi connectivity index (χ0) is 22.5. The van der Waals surface area contributed by atoms with Crippen LogP contribution in [0, 0.1) is 6.92 Å². The maximum absolute atomic E-state index is 13.0. The van der Waals surface area contributed by atoms with Crippen LogP contribution in [0.2, 0.25) is 0 Å². The van der Waals surface area contributed by atoms with E-state index in [1.165, 1.54) is 12.7 Å². The van der Waals surface area contributed by atoms with E-state index in [0.717, 1.165) is 56.0 Å². The van der Waals surface area contributed by atoms with Gasteiger partial charge in [0, 0.05) is 50.1 Å². The summed E-state index contributed by atoms with van der Waals surface area (Å²) >= 11 is 0. The van der Waals surface area contributed by atoms with Crippen molar-refractivity contribution in [2.45, 2.75) is 32.4 Å². The Hall–Kier alpha value is -3.06. The second-order valence-corrected chi connectivity index (χ2v) is 8.66. The fraction of sp³-hybridized carbons (Fsp3) is 0.440. The van der Waals surface area contributed by atoms with Crippen LogP contribution in [0.1, 0.15) is 24.0 Å². The highest BCUT2D eigenvalue weighted by Gasteiger charge is 2.32. The lowest BCUT2D eigenvalue weighted by Crippen LogP contribution is -2.48. The highest BCUT2D eigenvalue weighted by molar-refractivity contribution is 5.90. The first kappa shape index (κ1) is 22.1. The number of carbonyl (C=O) groups is 2. The zero-order valence-corrected chi connectivity index (χ0v) is 18.9. The average molecular weight is 437 g/mol. The Bertz CT molecular complexity index is 934. The summed E-state index contributed by atoms with van der Waals surface area (Å²) in [6.07, 6.45) is 2.14. The van der Waals surface area contributed by atoms with E-state index in [-0.39, 0.29) is 12.0 Å². The molecular weight excluding hydrogens is 404 g/mol. The van der Waals surface area contributed by atoms with Crippen molar-refractivity contribution in [2.75, 3.05) is 50.1 Å². The maximum atomic E-state index is 13.0. The molecule has 7 heteroatoms. The van der Waals surface area contributed by atoms with E-state index >= 15 is 0 Å². The van der Waals surface area contributed by atoms with Gasteiger partial charge in [0.2, 0.25) is 0 Å². The van der Waals surface area contributed by atoms with Gasteiger partial charge in [-0.2, -0.15) is 0 Å². The van der Waals surface area contributed by atoms with Crippen molar-refractivity contribution in [1.82, 2.24) is 9.80 Å². The van der Waals surface area contributed by atoms with Crippen molar-refractivity contribution in [1.29, 1.82) is 0 Å². The topological polar surface area (TPSA) is 65.1 Å². The molecule has 1 aliphatic carbocycles. The van der Waals surface area contributed by atoms with Crippen LogP contribution in [0.3, 0.4) is 0 Å². The number of rotatable bonds is 7. The predicted octanol–water partition coefficient (Wildman–Crippen LogP) is 3.49. The predicted molar refractivity (Wildman–Crippen MR) is 126 cm³/mol. The fourth-order valence-electron chi connectivity index (χ4n) is 4.12. The number of nitrogens with one attached hydrogen (secondary N) is 1. The molecule has 2 aliphatic rings. The highest BCUT2D eigenvalue weighted by Crippen LogP contribution is 2.29. The minimum Gasteiger partial charge on any atom is -0.468 e. The van der Waals surface area contributed by atoms with E-state index in [1.807, 2.05) is 35.2 Å². The first-order valence-electron chi connectivity index (χ1n) is 11.3. The lowest BCUT2D eigenvalue weighted by Gasteiger charge is -2.35. The molecule has 0 atom stereocenters. The van der Waals surface area contributed by atoms with Crippen LogP contribution in [0.15, 0.2) is 48.5 Å². The third-order valence-electron chi connectivity index (χ3n) is 6.12. The number of esters is 1. The standard InChI is InChI=1S/C25H32N4O3/c1-19-4-3-5-20(16-19)17-29(23-10-11-23)25(31)26-21-6-8-22(9-7-21)28-14-12-27(13-15-28)18-24(30)32-2/h3-9,16,23H,10-15,17-18H2,1-2H3,(H,26,31). The first-order chi connectivity index (χ1) is 15.5. The van der Waals surface area contributed by atoms with Gasteiger partial charge in [0.25, 0.3) is 0 Å². The van der Waals surface area contributed by atoms with Crippen LogP contribution in [0.4, 0.5) is 16.2 Å². The number of methoxy groups -OCH3 is 1. The minimum absolute atomic E-state index is 0.0434. The molecule has 1 saturated heterocycles.